The first-order chi connectivity index (χ1) is 7.60. The number of nitrogens with zero attached hydrogens (tertiary/aromatic N) is 1. The average molecular weight is 215 g/mol. The average Bonchev–Trinajstić information content (AvgIpc) is 2.62. The van der Waals surface area contributed by atoms with Gasteiger partial charge in [-0.05, 0) is 16.9 Å². The molecule has 3 rings (SSSR count). The summed E-state index contributed by atoms with van der Waals surface area (Å²) < 4.78 is 0. The molecule has 2 nitrogen and oxygen atoms in total. The van der Waals surface area contributed by atoms with E-state index in [4.69, 9.17) is 0 Å². The van der Waals surface area contributed by atoms with Crippen LogP contribution < -0.4 is 0 Å². The van der Waals surface area contributed by atoms with E-state index in [1.54, 1.807) is 0 Å². The van der Waals surface area contributed by atoms with Crippen molar-refractivity contribution in [1.82, 2.24) is 4.90 Å². The Bertz CT molecular complexity index is 424. The van der Waals surface area contributed by atoms with Gasteiger partial charge in [0.1, 0.15) is 0 Å². The second-order valence-electron chi connectivity index (χ2n) is 5.61. The summed E-state index contributed by atoms with van der Waals surface area (Å²) in [6.45, 7) is 6.15. The highest BCUT2D eigenvalue weighted by molar-refractivity contribution is 5.86. The molecular formula is C14H17NO. The Morgan fingerprint density at radius 2 is 2.00 bits per heavy atom. The second-order valence-corrected chi connectivity index (χ2v) is 5.61. The summed E-state index contributed by atoms with van der Waals surface area (Å²) in [4.78, 5) is 14.1. The smallest absolute Gasteiger partial charge is 0.226 e. The zero-order valence-corrected chi connectivity index (χ0v) is 9.81. The number of carbonyl (C=O) groups is 1. The fraction of sp³-hybridized carbons (Fsp3) is 0.500. The van der Waals surface area contributed by atoms with E-state index in [2.05, 4.69) is 26.0 Å². The summed E-state index contributed by atoms with van der Waals surface area (Å²) >= 11 is 0. The number of rotatable bonds is 2. The molecule has 0 radical (unpaired) electrons. The SMILES string of the molecule is CC1(C)C2CN(Cc3ccccc3)C(=O)C21. The Morgan fingerprint density at radius 1 is 1.31 bits per heavy atom. The Balaban J connectivity index is 1.70. The maximum Gasteiger partial charge on any atom is 0.226 e. The van der Waals surface area contributed by atoms with E-state index in [9.17, 15) is 4.79 Å². The molecule has 0 spiro atoms. The molecule has 2 heteroatoms. The molecule has 1 amide bonds. The number of fused-ring (bicyclic) bond motifs is 1. The summed E-state index contributed by atoms with van der Waals surface area (Å²) in [5.41, 5.74) is 1.50. The molecule has 2 atom stereocenters. The quantitative estimate of drug-likeness (QED) is 0.741. The van der Waals surface area contributed by atoms with Crippen molar-refractivity contribution in [3.8, 4) is 0 Å². The molecule has 0 bridgehead atoms. The third-order valence-corrected chi connectivity index (χ3v) is 4.26. The number of hydrogen-bond donors (Lipinski definition) is 0. The first-order valence-electron chi connectivity index (χ1n) is 5.93. The third-order valence-electron chi connectivity index (χ3n) is 4.26. The van der Waals surface area contributed by atoms with E-state index < -0.39 is 0 Å². The Morgan fingerprint density at radius 3 is 2.56 bits per heavy atom. The molecule has 0 N–H and O–H groups in total. The highest BCUT2D eigenvalue weighted by atomic mass is 16.2. The highest BCUT2D eigenvalue weighted by Gasteiger charge is 2.67. The predicted octanol–water partition coefficient (Wildman–Crippen LogP) is 2.30. The fourth-order valence-electron chi connectivity index (χ4n) is 3.05. The first-order valence-corrected chi connectivity index (χ1v) is 5.93. The van der Waals surface area contributed by atoms with Crippen molar-refractivity contribution in [3.63, 3.8) is 0 Å². The van der Waals surface area contributed by atoms with Gasteiger partial charge in [-0.2, -0.15) is 0 Å². The molecule has 1 heterocycles. The van der Waals surface area contributed by atoms with Crippen molar-refractivity contribution >= 4 is 5.91 Å². The molecule has 1 aromatic rings. The lowest BCUT2D eigenvalue weighted by Gasteiger charge is -2.22. The van der Waals surface area contributed by atoms with Crippen LogP contribution in [0.1, 0.15) is 19.4 Å². The van der Waals surface area contributed by atoms with Gasteiger partial charge in [0.15, 0.2) is 0 Å². The van der Waals surface area contributed by atoms with E-state index in [1.807, 2.05) is 23.1 Å². The second kappa shape index (κ2) is 3.09. The largest absolute Gasteiger partial charge is 0.338 e. The molecule has 16 heavy (non-hydrogen) atoms. The molecule has 1 saturated carbocycles. The summed E-state index contributed by atoms with van der Waals surface area (Å²) in [6, 6.07) is 10.2. The van der Waals surface area contributed by atoms with Gasteiger partial charge in [-0.15, -0.1) is 0 Å². The summed E-state index contributed by atoms with van der Waals surface area (Å²) in [5, 5.41) is 0. The number of benzene rings is 1. The maximum atomic E-state index is 12.1. The van der Waals surface area contributed by atoms with Crippen molar-refractivity contribution in [3.05, 3.63) is 35.9 Å². The zero-order chi connectivity index (χ0) is 11.3. The minimum Gasteiger partial charge on any atom is -0.338 e. The third kappa shape index (κ3) is 1.29. The van der Waals surface area contributed by atoms with Crippen LogP contribution in [0, 0.1) is 17.3 Å². The highest BCUT2D eigenvalue weighted by Crippen LogP contribution is 2.62. The minimum atomic E-state index is 0.268. The van der Waals surface area contributed by atoms with Gasteiger partial charge in [-0.25, -0.2) is 0 Å². The van der Waals surface area contributed by atoms with Crippen LogP contribution in [0.3, 0.4) is 0 Å². The zero-order valence-electron chi connectivity index (χ0n) is 9.81. The van der Waals surface area contributed by atoms with E-state index in [1.165, 1.54) is 5.56 Å². The van der Waals surface area contributed by atoms with Gasteiger partial charge in [0.2, 0.25) is 5.91 Å². The maximum absolute atomic E-state index is 12.1. The van der Waals surface area contributed by atoms with Crippen molar-refractivity contribution in [2.75, 3.05) is 6.54 Å². The number of hydrogen-bond acceptors (Lipinski definition) is 1. The van der Waals surface area contributed by atoms with Crippen LogP contribution in [0.2, 0.25) is 0 Å². The molecule has 2 fully saturated rings. The van der Waals surface area contributed by atoms with Crippen LogP contribution in [0.4, 0.5) is 0 Å². The molecule has 84 valence electrons. The molecular weight excluding hydrogens is 198 g/mol. The van der Waals surface area contributed by atoms with Gasteiger partial charge in [0, 0.05) is 19.0 Å². The standard InChI is InChI=1S/C14H17NO/c1-14(2)11-9-15(13(16)12(11)14)8-10-6-4-3-5-7-10/h3-7,11-12H,8-9H2,1-2H3. The van der Waals surface area contributed by atoms with Crippen molar-refractivity contribution in [1.29, 1.82) is 0 Å². The summed E-state index contributed by atoms with van der Waals surface area (Å²) in [6.07, 6.45) is 0. The van der Waals surface area contributed by atoms with Gasteiger partial charge in [0.25, 0.3) is 0 Å². The molecule has 1 saturated heterocycles. The fourth-order valence-corrected chi connectivity index (χ4v) is 3.05. The molecule has 1 aliphatic carbocycles. The van der Waals surface area contributed by atoms with Crippen molar-refractivity contribution < 1.29 is 4.79 Å². The topological polar surface area (TPSA) is 20.3 Å². The normalized spacial score (nSPS) is 30.4. The number of amides is 1. The van der Waals surface area contributed by atoms with E-state index in [0.29, 0.717) is 17.7 Å². The molecule has 2 aliphatic rings. The van der Waals surface area contributed by atoms with E-state index >= 15 is 0 Å². The summed E-state index contributed by atoms with van der Waals surface area (Å²) in [5.74, 6) is 1.26. The Kier molecular flexibility index (Phi) is 1.91. The lowest BCUT2D eigenvalue weighted by molar-refractivity contribution is -0.131. The van der Waals surface area contributed by atoms with Gasteiger partial charge in [-0.3, -0.25) is 4.79 Å². The van der Waals surface area contributed by atoms with Gasteiger partial charge in [-0.1, -0.05) is 44.2 Å². The lowest BCUT2D eigenvalue weighted by Crippen LogP contribution is -2.31. The Hall–Kier alpha value is -1.31. The van der Waals surface area contributed by atoms with Crippen LogP contribution in [0.25, 0.3) is 0 Å². The number of piperidine rings is 1. The lowest BCUT2D eigenvalue weighted by atomic mass is 10.1. The first kappa shape index (κ1) is 9.88. The van der Waals surface area contributed by atoms with E-state index in [-0.39, 0.29) is 5.41 Å². The van der Waals surface area contributed by atoms with Crippen LogP contribution in [0.5, 0.6) is 0 Å². The van der Waals surface area contributed by atoms with E-state index in [0.717, 1.165) is 13.1 Å². The van der Waals surface area contributed by atoms with Crippen LogP contribution in [-0.4, -0.2) is 17.4 Å². The van der Waals surface area contributed by atoms with Crippen molar-refractivity contribution in [2.24, 2.45) is 17.3 Å². The van der Waals surface area contributed by atoms with Gasteiger partial charge >= 0.3 is 0 Å². The molecule has 0 aromatic heterocycles. The van der Waals surface area contributed by atoms with Crippen LogP contribution >= 0.6 is 0 Å². The van der Waals surface area contributed by atoms with Gasteiger partial charge < -0.3 is 4.90 Å². The number of carbonyl (C=O) groups excluding carboxylic acids is 1. The predicted molar refractivity (Wildman–Crippen MR) is 62.6 cm³/mol. The molecule has 2 unspecified atom stereocenters. The molecule has 1 aromatic carbocycles. The van der Waals surface area contributed by atoms with Crippen LogP contribution in [-0.2, 0) is 11.3 Å². The van der Waals surface area contributed by atoms with Crippen LogP contribution in [0.15, 0.2) is 30.3 Å². The number of likely N-dealkylation sites (tertiary alicyclic amines) is 1. The molecule has 1 aliphatic heterocycles. The summed E-state index contributed by atoms with van der Waals surface area (Å²) in [7, 11) is 0. The monoisotopic (exact) mass is 215 g/mol. The van der Waals surface area contributed by atoms with Crippen molar-refractivity contribution in [2.45, 2.75) is 20.4 Å². The Labute approximate surface area is 96.3 Å². The van der Waals surface area contributed by atoms with Gasteiger partial charge in [0.05, 0.1) is 0 Å². The minimum absolute atomic E-state index is 0.268.